The van der Waals surface area contributed by atoms with Gasteiger partial charge >= 0.3 is 0 Å². The first kappa shape index (κ1) is 13.9. The van der Waals surface area contributed by atoms with E-state index in [4.69, 9.17) is 0 Å². The second kappa shape index (κ2) is 4.91. The molecule has 21 heavy (non-hydrogen) atoms. The van der Waals surface area contributed by atoms with E-state index in [-0.39, 0.29) is 11.2 Å². The van der Waals surface area contributed by atoms with Crippen molar-refractivity contribution in [2.45, 2.75) is 44.9 Å². The third-order valence-corrected chi connectivity index (χ3v) is 6.37. The van der Waals surface area contributed by atoms with Crippen LogP contribution in [-0.2, 0) is 11.2 Å². The zero-order valence-electron chi connectivity index (χ0n) is 12.1. The van der Waals surface area contributed by atoms with Crippen molar-refractivity contribution in [3.63, 3.8) is 0 Å². The number of carbonyl (C=O) groups is 1. The monoisotopic (exact) mass is 350 g/mol. The Labute approximate surface area is 133 Å². The van der Waals surface area contributed by atoms with Crippen molar-refractivity contribution in [1.29, 1.82) is 0 Å². The fourth-order valence-corrected chi connectivity index (χ4v) is 6.05. The summed E-state index contributed by atoms with van der Waals surface area (Å²) in [5.74, 6) is 2.43. The number of ketones is 1. The maximum Gasteiger partial charge on any atom is 0.143 e. The zero-order chi connectivity index (χ0) is 14.6. The van der Waals surface area contributed by atoms with E-state index in [0.717, 1.165) is 47.1 Å². The van der Waals surface area contributed by atoms with Gasteiger partial charge in [0.15, 0.2) is 0 Å². The lowest BCUT2D eigenvalue weighted by Crippen LogP contribution is -2.50. The van der Waals surface area contributed by atoms with E-state index in [0.29, 0.717) is 12.2 Å². The van der Waals surface area contributed by atoms with Gasteiger partial charge in [0.05, 0.1) is 0 Å². The number of rotatable bonds is 3. The summed E-state index contributed by atoms with van der Waals surface area (Å²) >= 11 is 3.32. The van der Waals surface area contributed by atoms with Crippen molar-refractivity contribution in [1.82, 2.24) is 0 Å². The van der Waals surface area contributed by atoms with E-state index < -0.39 is 0 Å². The Balaban J connectivity index is 1.57. The van der Waals surface area contributed by atoms with Crippen LogP contribution in [0.5, 0.6) is 0 Å². The summed E-state index contributed by atoms with van der Waals surface area (Å²) < 4.78 is 14.2. The van der Waals surface area contributed by atoms with Crippen molar-refractivity contribution in [3.05, 3.63) is 34.1 Å². The van der Waals surface area contributed by atoms with Gasteiger partial charge in [0.2, 0.25) is 0 Å². The van der Waals surface area contributed by atoms with E-state index in [1.807, 2.05) is 6.07 Å². The Morgan fingerprint density at radius 2 is 1.67 bits per heavy atom. The van der Waals surface area contributed by atoms with Crippen LogP contribution in [-0.4, -0.2) is 5.78 Å². The summed E-state index contributed by atoms with van der Waals surface area (Å²) in [4.78, 5) is 13.0. The molecule has 0 aliphatic heterocycles. The van der Waals surface area contributed by atoms with Crippen LogP contribution in [0.3, 0.4) is 0 Å². The molecule has 1 nitrogen and oxygen atoms in total. The Hall–Kier alpha value is -0.700. The summed E-state index contributed by atoms with van der Waals surface area (Å²) in [5.41, 5.74) is 0.732. The second-order valence-electron chi connectivity index (χ2n) is 7.58. The summed E-state index contributed by atoms with van der Waals surface area (Å²) in [6.07, 6.45) is 7.70. The minimum atomic E-state index is -0.266. The van der Waals surface area contributed by atoms with Crippen LogP contribution in [0, 0.1) is 29.0 Å². The molecule has 5 rings (SSSR count). The quantitative estimate of drug-likeness (QED) is 0.756. The van der Waals surface area contributed by atoms with E-state index >= 15 is 0 Å². The Morgan fingerprint density at radius 3 is 2.19 bits per heavy atom. The highest BCUT2D eigenvalue weighted by Gasteiger charge is 2.53. The smallest absolute Gasteiger partial charge is 0.143 e. The van der Waals surface area contributed by atoms with Gasteiger partial charge in [-0.3, -0.25) is 4.79 Å². The van der Waals surface area contributed by atoms with Gasteiger partial charge in [0.1, 0.15) is 11.6 Å². The van der Waals surface area contributed by atoms with Gasteiger partial charge in [0, 0.05) is 16.3 Å². The molecule has 112 valence electrons. The molecule has 4 aliphatic rings. The lowest BCUT2D eigenvalue weighted by atomic mass is 9.48. The normalized spacial score (nSPS) is 37.0. The van der Waals surface area contributed by atoms with Gasteiger partial charge in [-0.05, 0) is 80.0 Å². The number of benzene rings is 1. The molecule has 4 bridgehead atoms. The highest BCUT2D eigenvalue weighted by molar-refractivity contribution is 9.10. The zero-order valence-corrected chi connectivity index (χ0v) is 13.7. The van der Waals surface area contributed by atoms with Gasteiger partial charge in [-0.1, -0.05) is 15.9 Å². The third kappa shape index (κ3) is 2.48. The van der Waals surface area contributed by atoms with Gasteiger partial charge in [0.25, 0.3) is 0 Å². The van der Waals surface area contributed by atoms with Gasteiger partial charge in [-0.15, -0.1) is 0 Å². The Kier molecular flexibility index (Phi) is 3.25. The van der Waals surface area contributed by atoms with Crippen LogP contribution >= 0.6 is 15.9 Å². The van der Waals surface area contributed by atoms with Crippen LogP contribution in [0.2, 0.25) is 0 Å². The number of carbonyl (C=O) groups excluding carboxylic acids is 1. The molecule has 0 spiro atoms. The molecule has 0 unspecified atom stereocenters. The van der Waals surface area contributed by atoms with Crippen molar-refractivity contribution in [3.8, 4) is 0 Å². The van der Waals surface area contributed by atoms with Crippen LogP contribution < -0.4 is 0 Å². The van der Waals surface area contributed by atoms with E-state index in [2.05, 4.69) is 15.9 Å². The summed E-state index contributed by atoms with van der Waals surface area (Å²) in [7, 11) is 0. The Bertz CT molecular complexity index is 539. The molecule has 0 atom stereocenters. The summed E-state index contributed by atoms with van der Waals surface area (Å²) in [6.45, 7) is 0. The number of hydrogen-bond acceptors (Lipinski definition) is 1. The molecule has 1 aromatic carbocycles. The lowest BCUT2D eigenvalue weighted by Gasteiger charge is -2.56. The highest BCUT2D eigenvalue weighted by atomic mass is 79.9. The molecule has 0 aromatic heterocycles. The highest BCUT2D eigenvalue weighted by Crippen LogP contribution is 2.60. The molecule has 4 fully saturated rings. The van der Waals surface area contributed by atoms with Crippen LogP contribution in [0.15, 0.2) is 22.7 Å². The van der Waals surface area contributed by atoms with E-state index in [1.54, 1.807) is 0 Å². The Morgan fingerprint density at radius 1 is 1.10 bits per heavy atom. The fraction of sp³-hybridized carbons (Fsp3) is 0.611. The number of hydrogen-bond donors (Lipinski definition) is 0. The minimum Gasteiger partial charge on any atom is -0.299 e. The first-order valence-electron chi connectivity index (χ1n) is 8.01. The van der Waals surface area contributed by atoms with Crippen LogP contribution in [0.25, 0.3) is 0 Å². The standard InChI is InChI=1S/C18H20BrFO/c19-15-4-11(5-16(20)7-15)6-17(21)18-8-12-1-13(9-18)3-14(2-12)10-18/h4-5,7,12-14H,1-3,6,8-10H2. The average Bonchev–Trinajstić information content (AvgIpc) is 2.35. The molecule has 0 heterocycles. The molecule has 1 aromatic rings. The molecule has 0 saturated heterocycles. The van der Waals surface area contributed by atoms with Gasteiger partial charge < -0.3 is 0 Å². The van der Waals surface area contributed by atoms with Crippen LogP contribution in [0.1, 0.15) is 44.1 Å². The number of halogens is 2. The maximum atomic E-state index is 13.5. The topological polar surface area (TPSA) is 17.1 Å². The molecule has 0 amide bonds. The van der Waals surface area contributed by atoms with Crippen molar-refractivity contribution in [2.75, 3.05) is 0 Å². The van der Waals surface area contributed by atoms with Crippen LogP contribution in [0.4, 0.5) is 4.39 Å². The largest absolute Gasteiger partial charge is 0.299 e. The summed E-state index contributed by atoms with van der Waals surface area (Å²) in [5, 5.41) is 0. The van der Waals surface area contributed by atoms with Crippen molar-refractivity contribution >= 4 is 21.7 Å². The minimum absolute atomic E-state index is 0.0758. The second-order valence-corrected chi connectivity index (χ2v) is 8.49. The first-order valence-corrected chi connectivity index (χ1v) is 8.80. The fourth-order valence-electron chi connectivity index (χ4n) is 5.54. The maximum absolute atomic E-state index is 13.5. The molecule has 4 saturated carbocycles. The molecular formula is C18H20BrFO. The molecule has 3 heteroatoms. The average molecular weight is 351 g/mol. The van der Waals surface area contributed by atoms with Gasteiger partial charge in [-0.25, -0.2) is 4.39 Å². The first-order chi connectivity index (χ1) is 10.0. The van der Waals surface area contributed by atoms with Gasteiger partial charge in [-0.2, -0.15) is 0 Å². The molecule has 4 aliphatic carbocycles. The predicted molar refractivity (Wildman–Crippen MR) is 83.4 cm³/mol. The van der Waals surface area contributed by atoms with E-state index in [9.17, 15) is 9.18 Å². The lowest BCUT2D eigenvalue weighted by molar-refractivity contribution is -0.143. The SMILES string of the molecule is O=C(Cc1cc(F)cc(Br)c1)C12CC3CC(CC(C3)C1)C2. The van der Waals surface area contributed by atoms with Crippen molar-refractivity contribution in [2.24, 2.45) is 23.2 Å². The van der Waals surface area contributed by atoms with E-state index in [1.165, 1.54) is 31.4 Å². The predicted octanol–water partition coefficient (Wildman–Crippen LogP) is 4.92. The summed E-state index contributed by atoms with van der Waals surface area (Å²) in [6, 6.07) is 4.82. The number of Topliss-reactive ketones (excluding diaryl/α,β-unsaturated/α-hetero) is 1. The third-order valence-electron chi connectivity index (χ3n) is 5.92. The molecular weight excluding hydrogens is 331 g/mol. The molecule has 0 radical (unpaired) electrons. The molecule has 0 N–H and O–H groups in total. The van der Waals surface area contributed by atoms with Crippen molar-refractivity contribution < 1.29 is 9.18 Å².